The number of hydrogen-bond donors (Lipinski definition) is 0. The van der Waals surface area contributed by atoms with Gasteiger partial charge in [-0.1, -0.05) is 6.92 Å². The zero-order valence-corrected chi connectivity index (χ0v) is 6.38. The Bertz CT molecular complexity index is 130. The van der Waals surface area contributed by atoms with Crippen LogP contribution in [0.5, 0.6) is 0 Å². The molecule has 0 aromatic rings. The molecule has 3 nitrogen and oxygen atoms in total. The summed E-state index contributed by atoms with van der Waals surface area (Å²) in [6.07, 6.45) is 2.16. The Morgan fingerprint density at radius 3 is 2.30 bits per heavy atom. The van der Waals surface area contributed by atoms with Gasteiger partial charge in [0.15, 0.2) is 6.19 Å². The van der Waals surface area contributed by atoms with E-state index < -0.39 is 0 Å². The molecule has 0 aliphatic carbocycles. The molecular weight excluding hydrogens is 126 g/mol. The lowest BCUT2D eigenvalue weighted by Crippen LogP contribution is -2.43. The van der Waals surface area contributed by atoms with E-state index in [1.165, 1.54) is 0 Å². The Labute approximate surface area is 61.8 Å². The summed E-state index contributed by atoms with van der Waals surface area (Å²) in [7, 11) is 0. The second kappa shape index (κ2) is 3.43. The monoisotopic (exact) mass is 139 g/mol. The molecule has 1 heterocycles. The van der Waals surface area contributed by atoms with Gasteiger partial charge in [0.2, 0.25) is 0 Å². The summed E-state index contributed by atoms with van der Waals surface area (Å²) < 4.78 is 0. The second-order valence-electron chi connectivity index (χ2n) is 2.52. The van der Waals surface area contributed by atoms with Crippen LogP contribution in [0.1, 0.15) is 6.92 Å². The van der Waals surface area contributed by atoms with E-state index in [0.29, 0.717) is 0 Å². The van der Waals surface area contributed by atoms with Gasteiger partial charge in [0.25, 0.3) is 0 Å². The fourth-order valence-electron chi connectivity index (χ4n) is 1.16. The SMILES string of the molecule is CCN1CCN(C#N)CC1. The van der Waals surface area contributed by atoms with Crippen LogP contribution >= 0.6 is 0 Å². The average molecular weight is 139 g/mol. The number of rotatable bonds is 1. The summed E-state index contributed by atoms with van der Waals surface area (Å²) in [5, 5.41) is 8.51. The summed E-state index contributed by atoms with van der Waals surface area (Å²) in [6, 6.07) is 0. The quantitative estimate of drug-likeness (QED) is 0.483. The smallest absolute Gasteiger partial charge is 0.179 e. The lowest BCUT2D eigenvalue weighted by Gasteiger charge is -2.30. The van der Waals surface area contributed by atoms with Crippen LogP contribution in [-0.4, -0.2) is 42.5 Å². The van der Waals surface area contributed by atoms with Crippen LogP contribution in [0.25, 0.3) is 0 Å². The molecule has 1 aliphatic rings. The molecule has 1 aliphatic heterocycles. The predicted molar refractivity (Wildman–Crippen MR) is 39.3 cm³/mol. The van der Waals surface area contributed by atoms with Crippen LogP contribution in [0.15, 0.2) is 0 Å². The van der Waals surface area contributed by atoms with Gasteiger partial charge in [-0.25, -0.2) is 0 Å². The van der Waals surface area contributed by atoms with E-state index in [0.717, 1.165) is 32.7 Å². The highest BCUT2D eigenvalue weighted by atomic mass is 15.2. The molecule has 56 valence electrons. The second-order valence-corrected chi connectivity index (χ2v) is 2.52. The maximum atomic E-state index is 8.51. The van der Waals surface area contributed by atoms with Gasteiger partial charge >= 0.3 is 0 Å². The van der Waals surface area contributed by atoms with Crippen LogP contribution in [0.4, 0.5) is 0 Å². The number of nitrogens with zero attached hydrogens (tertiary/aromatic N) is 3. The van der Waals surface area contributed by atoms with E-state index in [9.17, 15) is 0 Å². The molecule has 0 atom stereocenters. The van der Waals surface area contributed by atoms with Gasteiger partial charge in [0, 0.05) is 26.2 Å². The summed E-state index contributed by atoms with van der Waals surface area (Å²) in [5.41, 5.74) is 0. The fourth-order valence-corrected chi connectivity index (χ4v) is 1.16. The first-order chi connectivity index (χ1) is 4.86. The molecule has 1 saturated heterocycles. The van der Waals surface area contributed by atoms with E-state index in [1.807, 2.05) is 4.90 Å². The van der Waals surface area contributed by atoms with Crippen molar-refractivity contribution in [1.29, 1.82) is 5.26 Å². The first-order valence-electron chi connectivity index (χ1n) is 3.74. The summed E-state index contributed by atoms with van der Waals surface area (Å²) >= 11 is 0. The Kier molecular flexibility index (Phi) is 2.52. The van der Waals surface area contributed by atoms with Crippen LogP contribution in [0.3, 0.4) is 0 Å². The molecule has 0 bridgehead atoms. The van der Waals surface area contributed by atoms with Gasteiger partial charge in [-0.05, 0) is 6.54 Å². The Hall–Kier alpha value is -0.750. The first-order valence-corrected chi connectivity index (χ1v) is 3.74. The topological polar surface area (TPSA) is 30.3 Å². The highest BCUT2D eigenvalue weighted by Crippen LogP contribution is 1.98. The van der Waals surface area contributed by atoms with E-state index in [4.69, 9.17) is 5.26 Å². The molecule has 0 amide bonds. The van der Waals surface area contributed by atoms with E-state index in [1.54, 1.807) is 0 Å². The zero-order valence-electron chi connectivity index (χ0n) is 6.38. The minimum atomic E-state index is 0.907. The average Bonchev–Trinajstić information content (AvgIpc) is 2.05. The van der Waals surface area contributed by atoms with Crippen LogP contribution in [0.2, 0.25) is 0 Å². The highest BCUT2D eigenvalue weighted by Gasteiger charge is 2.12. The van der Waals surface area contributed by atoms with E-state index >= 15 is 0 Å². The summed E-state index contributed by atoms with van der Waals surface area (Å²) in [4.78, 5) is 4.17. The number of piperazine rings is 1. The predicted octanol–water partition coefficient (Wildman–Crippen LogP) is 0.105. The summed E-state index contributed by atoms with van der Waals surface area (Å²) in [5.74, 6) is 0. The van der Waals surface area contributed by atoms with Crippen LogP contribution < -0.4 is 0 Å². The first kappa shape index (κ1) is 7.36. The van der Waals surface area contributed by atoms with Gasteiger partial charge in [-0.3, -0.25) is 0 Å². The molecule has 1 rings (SSSR count). The van der Waals surface area contributed by atoms with Crippen molar-refractivity contribution >= 4 is 0 Å². The maximum absolute atomic E-state index is 8.51. The van der Waals surface area contributed by atoms with Crippen LogP contribution in [0, 0.1) is 11.5 Å². The van der Waals surface area contributed by atoms with E-state index in [-0.39, 0.29) is 0 Å². The Balaban J connectivity index is 2.25. The molecule has 0 saturated carbocycles. The third kappa shape index (κ3) is 1.61. The van der Waals surface area contributed by atoms with Gasteiger partial charge < -0.3 is 9.80 Å². The molecule has 0 aromatic heterocycles. The van der Waals surface area contributed by atoms with Gasteiger partial charge in [0.05, 0.1) is 0 Å². The van der Waals surface area contributed by atoms with Crippen molar-refractivity contribution in [3.05, 3.63) is 0 Å². The minimum absolute atomic E-state index is 0.907. The van der Waals surface area contributed by atoms with Gasteiger partial charge in [-0.15, -0.1) is 0 Å². The molecule has 0 N–H and O–H groups in total. The standard InChI is InChI=1S/C7H13N3/c1-2-9-3-5-10(7-8)6-4-9/h2-6H2,1H3. The molecular formula is C7H13N3. The van der Waals surface area contributed by atoms with Crippen LogP contribution in [-0.2, 0) is 0 Å². The molecule has 0 spiro atoms. The zero-order chi connectivity index (χ0) is 7.40. The number of nitriles is 1. The van der Waals surface area contributed by atoms with Gasteiger partial charge in [0.1, 0.15) is 0 Å². The lowest BCUT2D eigenvalue weighted by atomic mass is 10.3. The third-order valence-electron chi connectivity index (χ3n) is 1.96. The Morgan fingerprint density at radius 2 is 1.90 bits per heavy atom. The fraction of sp³-hybridized carbons (Fsp3) is 0.857. The lowest BCUT2D eigenvalue weighted by molar-refractivity contribution is 0.181. The molecule has 0 unspecified atom stereocenters. The van der Waals surface area contributed by atoms with Crippen molar-refractivity contribution in [2.75, 3.05) is 32.7 Å². The molecule has 3 heteroatoms. The maximum Gasteiger partial charge on any atom is 0.179 e. The van der Waals surface area contributed by atoms with Crippen molar-refractivity contribution in [3.8, 4) is 6.19 Å². The molecule has 0 aromatic carbocycles. The molecule has 1 fully saturated rings. The minimum Gasteiger partial charge on any atom is -0.308 e. The largest absolute Gasteiger partial charge is 0.308 e. The van der Waals surface area contributed by atoms with E-state index in [2.05, 4.69) is 18.0 Å². The van der Waals surface area contributed by atoms with Crippen molar-refractivity contribution in [2.24, 2.45) is 0 Å². The van der Waals surface area contributed by atoms with Crippen molar-refractivity contribution in [3.63, 3.8) is 0 Å². The molecule has 0 radical (unpaired) electrons. The summed E-state index contributed by atoms with van der Waals surface area (Å²) in [6.45, 7) is 7.17. The van der Waals surface area contributed by atoms with Gasteiger partial charge in [-0.2, -0.15) is 5.26 Å². The highest BCUT2D eigenvalue weighted by molar-refractivity contribution is 4.79. The normalized spacial score (nSPS) is 20.6. The van der Waals surface area contributed by atoms with Crippen molar-refractivity contribution in [2.45, 2.75) is 6.92 Å². The van der Waals surface area contributed by atoms with Crippen molar-refractivity contribution < 1.29 is 0 Å². The number of hydrogen-bond acceptors (Lipinski definition) is 3. The Morgan fingerprint density at radius 1 is 1.30 bits per heavy atom. The number of likely N-dealkylation sites (N-methyl/N-ethyl adjacent to an activating group) is 1. The van der Waals surface area contributed by atoms with Crippen molar-refractivity contribution in [1.82, 2.24) is 9.80 Å². The third-order valence-corrected chi connectivity index (χ3v) is 1.96. The molecule has 10 heavy (non-hydrogen) atoms.